The summed E-state index contributed by atoms with van der Waals surface area (Å²) in [7, 11) is 0. The van der Waals surface area contributed by atoms with Crippen molar-refractivity contribution in [3.63, 3.8) is 0 Å². The molecule has 0 saturated heterocycles. The van der Waals surface area contributed by atoms with Crippen LogP contribution in [-0.4, -0.2) is 20.8 Å². The molecule has 1 aliphatic rings. The molecule has 1 N–H and O–H groups in total. The van der Waals surface area contributed by atoms with Crippen molar-refractivity contribution >= 4 is 28.3 Å². The van der Waals surface area contributed by atoms with Crippen LogP contribution in [0.1, 0.15) is 6.92 Å². The van der Waals surface area contributed by atoms with Crippen LogP contribution in [0.25, 0.3) is 0 Å². The lowest BCUT2D eigenvalue weighted by Crippen LogP contribution is -2.12. The molecule has 0 spiro atoms. The van der Waals surface area contributed by atoms with E-state index in [2.05, 4.69) is 10.2 Å². The van der Waals surface area contributed by atoms with Gasteiger partial charge in [0.2, 0.25) is 0 Å². The molecule has 6 heteroatoms. The summed E-state index contributed by atoms with van der Waals surface area (Å²) < 4.78 is 0.467. The first-order valence-electron chi connectivity index (χ1n) is 4.18. The highest BCUT2D eigenvalue weighted by Crippen LogP contribution is 2.16. The Hall–Kier alpha value is -0.980. The fourth-order valence-corrected chi connectivity index (χ4v) is 1.09. The minimum Gasteiger partial charge on any atom is -0.284 e. The second kappa shape index (κ2) is 5.79. The van der Waals surface area contributed by atoms with Crippen LogP contribution in [0.15, 0.2) is 46.1 Å². The fraction of sp³-hybridized carbons (Fsp3) is 0.222. The molecule has 1 rings (SSSR count). The summed E-state index contributed by atoms with van der Waals surface area (Å²) in [6.07, 6.45) is 8.65. The van der Waals surface area contributed by atoms with Gasteiger partial charge in [-0.3, -0.25) is 5.21 Å². The average molecular weight is 241 g/mol. The summed E-state index contributed by atoms with van der Waals surface area (Å²) in [5.74, 6) is 0. The largest absolute Gasteiger partial charge is 0.284 e. The highest BCUT2D eigenvalue weighted by Gasteiger charge is 2.06. The van der Waals surface area contributed by atoms with E-state index in [0.29, 0.717) is 15.7 Å². The maximum absolute atomic E-state index is 9.46. The maximum Gasteiger partial charge on any atom is 0.182 e. The number of hydrogen-bond acceptors (Lipinski definition) is 5. The molecule has 0 aromatic carbocycles. The molecule has 0 amide bonds. The van der Waals surface area contributed by atoms with E-state index in [-0.39, 0.29) is 0 Å². The summed E-state index contributed by atoms with van der Waals surface area (Å²) in [5, 5.41) is 18.2. The molecule has 0 unspecified atom stereocenters. The third-order valence-electron chi connectivity index (χ3n) is 1.67. The normalized spacial score (nSPS) is 18.7. The van der Waals surface area contributed by atoms with Gasteiger partial charge in [-0.25, -0.2) is 5.06 Å². The zero-order valence-electron chi connectivity index (χ0n) is 8.41. The predicted molar refractivity (Wildman–Crippen MR) is 65.6 cm³/mol. The fourth-order valence-electron chi connectivity index (χ4n) is 0.929. The second-order valence-corrected chi connectivity index (χ2v) is 4.13. The number of thiocarbonyl (C=S) groups is 1. The van der Waals surface area contributed by atoms with Gasteiger partial charge in [-0.1, -0.05) is 17.8 Å². The third-order valence-corrected chi connectivity index (χ3v) is 2.68. The number of rotatable bonds is 1. The van der Waals surface area contributed by atoms with Gasteiger partial charge in [-0.2, -0.15) is 5.11 Å². The number of hydroxylamine groups is 2. The number of thioether (sulfide) groups is 1. The molecule has 0 aromatic rings. The molecule has 15 heavy (non-hydrogen) atoms. The molecule has 0 bridgehead atoms. The van der Waals surface area contributed by atoms with Crippen molar-refractivity contribution in [3.05, 3.63) is 35.8 Å². The zero-order valence-corrected chi connectivity index (χ0v) is 10.0. The van der Waals surface area contributed by atoms with Crippen LogP contribution < -0.4 is 0 Å². The summed E-state index contributed by atoms with van der Waals surface area (Å²) in [6, 6.07) is 0. The zero-order chi connectivity index (χ0) is 11.3. The van der Waals surface area contributed by atoms with Gasteiger partial charge >= 0.3 is 0 Å². The highest BCUT2D eigenvalue weighted by molar-refractivity contribution is 8.22. The summed E-state index contributed by atoms with van der Waals surface area (Å²) in [4.78, 5) is 0. The van der Waals surface area contributed by atoms with Gasteiger partial charge in [0, 0.05) is 6.20 Å². The van der Waals surface area contributed by atoms with E-state index >= 15 is 0 Å². The second-order valence-electron chi connectivity index (χ2n) is 2.69. The van der Waals surface area contributed by atoms with E-state index in [1.165, 1.54) is 18.0 Å². The summed E-state index contributed by atoms with van der Waals surface area (Å²) >= 11 is 6.23. The third kappa shape index (κ3) is 3.58. The first-order valence-corrected chi connectivity index (χ1v) is 5.82. The van der Waals surface area contributed by atoms with Crippen molar-refractivity contribution in [2.24, 2.45) is 10.2 Å². The van der Waals surface area contributed by atoms with Crippen LogP contribution in [-0.2, 0) is 0 Å². The highest BCUT2D eigenvalue weighted by atomic mass is 32.2. The van der Waals surface area contributed by atoms with E-state index < -0.39 is 0 Å². The molecule has 0 saturated carbocycles. The summed E-state index contributed by atoms with van der Waals surface area (Å²) in [5.41, 5.74) is 1.19. The number of nitrogens with zero attached hydrogens (tertiary/aromatic N) is 3. The number of allylic oxidation sites excluding steroid dienone is 4. The molecular weight excluding hydrogens is 230 g/mol. The Morgan fingerprint density at radius 3 is 2.80 bits per heavy atom. The van der Waals surface area contributed by atoms with Crippen molar-refractivity contribution < 1.29 is 5.21 Å². The number of hydrogen-bond donors (Lipinski definition) is 1. The molecule has 0 atom stereocenters. The SMILES string of the molecule is CSC(=S)N=N/C(C)=C1/C=CC=CN1O. The quantitative estimate of drug-likeness (QED) is 0.566. The van der Waals surface area contributed by atoms with Gasteiger partial charge in [-0.05, 0) is 37.5 Å². The Balaban J connectivity index is 2.82. The van der Waals surface area contributed by atoms with E-state index in [4.69, 9.17) is 12.2 Å². The van der Waals surface area contributed by atoms with E-state index in [0.717, 1.165) is 5.06 Å². The molecule has 0 fully saturated rings. The van der Waals surface area contributed by atoms with Crippen LogP contribution in [0.2, 0.25) is 0 Å². The Morgan fingerprint density at radius 1 is 1.47 bits per heavy atom. The monoisotopic (exact) mass is 241 g/mol. The van der Waals surface area contributed by atoms with Crippen molar-refractivity contribution in [1.29, 1.82) is 0 Å². The lowest BCUT2D eigenvalue weighted by atomic mass is 10.2. The van der Waals surface area contributed by atoms with Crippen molar-refractivity contribution in [2.45, 2.75) is 6.92 Å². The topological polar surface area (TPSA) is 48.2 Å². The minimum atomic E-state index is 0.467. The van der Waals surface area contributed by atoms with Crippen LogP contribution in [0.5, 0.6) is 0 Å². The average Bonchev–Trinajstić information content (AvgIpc) is 2.26. The summed E-state index contributed by atoms with van der Waals surface area (Å²) in [6.45, 7) is 1.76. The Labute approximate surface area is 98.0 Å². The molecule has 1 aliphatic heterocycles. The molecule has 0 radical (unpaired) electrons. The minimum absolute atomic E-state index is 0.467. The van der Waals surface area contributed by atoms with Crippen molar-refractivity contribution in [2.75, 3.05) is 6.26 Å². The van der Waals surface area contributed by atoms with E-state index in [1.54, 1.807) is 19.1 Å². The first-order chi connectivity index (χ1) is 7.15. The van der Waals surface area contributed by atoms with Gasteiger partial charge in [0.25, 0.3) is 0 Å². The lowest BCUT2D eigenvalue weighted by Gasteiger charge is -2.16. The number of azo groups is 1. The van der Waals surface area contributed by atoms with Crippen molar-refractivity contribution in [3.8, 4) is 0 Å². The van der Waals surface area contributed by atoms with Crippen molar-refractivity contribution in [1.82, 2.24) is 5.06 Å². The van der Waals surface area contributed by atoms with Crippen LogP contribution in [0.3, 0.4) is 0 Å². The molecule has 0 aliphatic carbocycles. The predicted octanol–water partition coefficient (Wildman–Crippen LogP) is 3.09. The molecule has 0 aromatic heterocycles. The molecule has 80 valence electrons. The molecule has 1 heterocycles. The van der Waals surface area contributed by atoms with Crippen LogP contribution in [0, 0.1) is 0 Å². The Kier molecular flexibility index (Phi) is 4.67. The standard InChI is InChI=1S/C9H11N3OS2/c1-7(10-11-9(14)15-2)8-5-3-4-6-12(8)13/h3-6,13H,1-2H3/b8-7-,11-10?. The maximum atomic E-state index is 9.46. The lowest BCUT2D eigenvalue weighted by molar-refractivity contribution is -0.00148. The van der Waals surface area contributed by atoms with Crippen LogP contribution in [0.4, 0.5) is 0 Å². The van der Waals surface area contributed by atoms with Crippen LogP contribution >= 0.6 is 24.0 Å². The molecular formula is C9H11N3OS2. The van der Waals surface area contributed by atoms with E-state index in [9.17, 15) is 5.21 Å². The van der Waals surface area contributed by atoms with Gasteiger partial charge in [0.05, 0.1) is 11.4 Å². The Bertz CT molecular complexity index is 372. The van der Waals surface area contributed by atoms with Gasteiger partial charge in [-0.15, -0.1) is 5.11 Å². The first kappa shape index (κ1) is 12.1. The smallest absolute Gasteiger partial charge is 0.182 e. The van der Waals surface area contributed by atoms with Gasteiger partial charge in [0.15, 0.2) is 4.32 Å². The molecule has 4 nitrogen and oxygen atoms in total. The Morgan fingerprint density at radius 2 is 2.20 bits per heavy atom. The van der Waals surface area contributed by atoms with E-state index in [1.807, 2.05) is 12.3 Å². The van der Waals surface area contributed by atoms with Gasteiger partial charge < -0.3 is 0 Å². The van der Waals surface area contributed by atoms with Gasteiger partial charge in [0.1, 0.15) is 0 Å².